The van der Waals surface area contributed by atoms with Gasteiger partial charge in [0.25, 0.3) is 0 Å². The predicted octanol–water partition coefficient (Wildman–Crippen LogP) is 2.65. The number of rotatable bonds is 6. The van der Waals surface area contributed by atoms with Gasteiger partial charge in [0.2, 0.25) is 0 Å². The summed E-state index contributed by atoms with van der Waals surface area (Å²) < 4.78 is 5.80. The Morgan fingerprint density at radius 3 is 2.46 bits per heavy atom. The quantitative estimate of drug-likeness (QED) is 0.817. The number of pyridine rings is 1. The molecule has 0 N–H and O–H groups in total. The van der Waals surface area contributed by atoms with Gasteiger partial charge in [-0.2, -0.15) is 0 Å². The van der Waals surface area contributed by atoms with E-state index in [1.54, 1.807) is 6.20 Å². The molecule has 1 saturated carbocycles. The van der Waals surface area contributed by atoms with Gasteiger partial charge in [-0.1, -0.05) is 18.2 Å². The summed E-state index contributed by atoms with van der Waals surface area (Å²) in [6.07, 6.45) is 1.79. The highest BCUT2D eigenvalue weighted by Crippen LogP contribution is 2.48. The second-order valence-corrected chi connectivity index (χ2v) is 7.23. The largest absolute Gasteiger partial charge is 0.487 e. The molecule has 1 saturated heterocycles. The molecular weight excluding hydrogens is 298 g/mol. The second kappa shape index (κ2) is 6.54. The topological polar surface area (TPSA) is 28.6 Å². The number of likely N-dealkylation sites (tertiary alicyclic amines) is 1. The third-order valence-electron chi connectivity index (χ3n) is 5.26. The van der Waals surface area contributed by atoms with Crippen molar-refractivity contribution in [2.24, 2.45) is 11.8 Å². The van der Waals surface area contributed by atoms with Crippen LogP contribution in [0, 0.1) is 11.8 Å². The van der Waals surface area contributed by atoms with Gasteiger partial charge in [0, 0.05) is 31.9 Å². The van der Waals surface area contributed by atoms with Crippen LogP contribution in [-0.2, 0) is 13.2 Å². The van der Waals surface area contributed by atoms with Crippen LogP contribution < -0.4 is 4.74 Å². The molecule has 1 aromatic heterocycles. The fraction of sp³-hybridized carbons (Fsp3) is 0.450. The fourth-order valence-electron chi connectivity index (χ4n) is 4.07. The van der Waals surface area contributed by atoms with Gasteiger partial charge in [0.1, 0.15) is 12.4 Å². The Morgan fingerprint density at radius 1 is 1.08 bits per heavy atom. The molecule has 2 aromatic rings. The van der Waals surface area contributed by atoms with Crippen LogP contribution in [0.5, 0.6) is 5.75 Å². The molecule has 1 aromatic carbocycles. The number of aromatic nitrogens is 1. The van der Waals surface area contributed by atoms with E-state index in [1.807, 2.05) is 18.2 Å². The zero-order chi connectivity index (χ0) is 16.5. The lowest BCUT2D eigenvalue weighted by Gasteiger charge is -2.22. The number of ether oxygens (including phenoxy) is 1. The van der Waals surface area contributed by atoms with Crippen LogP contribution >= 0.6 is 0 Å². The Hall–Kier alpha value is -1.91. The van der Waals surface area contributed by atoms with E-state index in [-0.39, 0.29) is 0 Å². The van der Waals surface area contributed by atoms with Gasteiger partial charge >= 0.3 is 0 Å². The predicted molar refractivity (Wildman–Crippen MR) is 94.7 cm³/mol. The number of piperidine rings is 1. The molecule has 2 fully saturated rings. The minimum Gasteiger partial charge on any atom is -0.487 e. The molecule has 2 heterocycles. The van der Waals surface area contributed by atoms with Crippen LogP contribution in [0.15, 0.2) is 48.7 Å². The van der Waals surface area contributed by atoms with Gasteiger partial charge in [-0.3, -0.25) is 9.88 Å². The van der Waals surface area contributed by atoms with Crippen molar-refractivity contribution >= 4 is 0 Å². The van der Waals surface area contributed by atoms with Gasteiger partial charge in [0.15, 0.2) is 0 Å². The molecule has 4 nitrogen and oxygen atoms in total. The summed E-state index contributed by atoms with van der Waals surface area (Å²) in [4.78, 5) is 9.25. The standard InChI is InChI=1S/C20H25N3O/c1-22(2)20-18-12-23(13-19(18)20)11-15-6-8-17(9-7-15)24-14-16-5-3-4-10-21-16/h3-10,18-20H,11-14H2,1-2H3/t18-,19+,20?. The molecule has 24 heavy (non-hydrogen) atoms. The minimum absolute atomic E-state index is 0.515. The number of benzene rings is 1. The maximum Gasteiger partial charge on any atom is 0.130 e. The van der Waals surface area contributed by atoms with Crippen molar-refractivity contribution in [3.63, 3.8) is 0 Å². The van der Waals surface area contributed by atoms with Crippen LogP contribution in [0.2, 0.25) is 0 Å². The van der Waals surface area contributed by atoms with Crippen molar-refractivity contribution in [2.75, 3.05) is 27.2 Å². The number of hydrogen-bond acceptors (Lipinski definition) is 4. The Labute approximate surface area is 144 Å². The van der Waals surface area contributed by atoms with E-state index in [4.69, 9.17) is 4.74 Å². The van der Waals surface area contributed by atoms with Crippen LogP contribution in [-0.4, -0.2) is 48.0 Å². The van der Waals surface area contributed by atoms with Crippen molar-refractivity contribution in [1.29, 1.82) is 0 Å². The van der Waals surface area contributed by atoms with E-state index in [2.05, 4.69) is 53.1 Å². The van der Waals surface area contributed by atoms with Crippen LogP contribution in [0.1, 0.15) is 11.3 Å². The zero-order valence-electron chi connectivity index (χ0n) is 14.4. The summed E-state index contributed by atoms with van der Waals surface area (Å²) in [6, 6.07) is 15.2. The molecule has 1 aliphatic heterocycles. The third-order valence-corrected chi connectivity index (χ3v) is 5.26. The van der Waals surface area contributed by atoms with Crippen molar-refractivity contribution < 1.29 is 4.74 Å². The summed E-state index contributed by atoms with van der Waals surface area (Å²) in [6.45, 7) is 4.05. The molecule has 0 amide bonds. The van der Waals surface area contributed by atoms with Crippen molar-refractivity contribution in [1.82, 2.24) is 14.8 Å². The van der Waals surface area contributed by atoms with E-state index >= 15 is 0 Å². The van der Waals surface area contributed by atoms with Gasteiger partial charge in [-0.25, -0.2) is 0 Å². The number of nitrogens with zero attached hydrogens (tertiary/aromatic N) is 3. The molecule has 126 valence electrons. The Morgan fingerprint density at radius 2 is 1.83 bits per heavy atom. The van der Waals surface area contributed by atoms with Crippen LogP contribution in [0.3, 0.4) is 0 Å². The first kappa shape index (κ1) is 15.6. The van der Waals surface area contributed by atoms with E-state index in [1.165, 1.54) is 18.7 Å². The molecule has 4 rings (SSSR count). The van der Waals surface area contributed by atoms with Gasteiger partial charge in [0.05, 0.1) is 5.69 Å². The van der Waals surface area contributed by atoms with E-state index in [0.717, 1.165) is 35.9 Å². The van der Waals surface area contributed by atoms with Gasteiger partial charge in [-0.05, 0) is 55.8 Å². The molecule has 1 aliphatic carbocycles. The summed E-state index contributed by atoms with van der Waals surface area (Å²) in [7, 11) is 4.41. The Kier molecular flexibility index (Phi) is 4.25. The molecular formula is C20H25N3O. The highest BCUT2D eigenvalue weighted by atomic mass is 16.5. The van der Waals surface area contributed by atoms with Crippen molar-refractivity contribution in [3.8, 4) is 5.75 Å². The van der Waals surface area contributed by atoms with E-state index in [0.29, 0.717) is 6.61 Å². The van der Waals surface area contributed by atoms with Gasteiger partial charge in [-0.15, -0.1) is 0 Å². The molecule has 3 atom stereocenters. The number of hydrogen-bond donors (Lipinski definition) is 0. The van der Waals surface area contributed by atoms with Gasteiger partial charge < -0.3 is 9.64 Å². The third kappa shape index (κ3) is 3.30. The maximum atomic E-state index is 5.80. The van der Waals surface area contributed by atoms with E-state index in [9.17, 15) is 0 Å². The molecule has 1 unspecified atom stereocenters. The minimum atomic E-state index is 0.515. The monoisotopic (exact) mass is 323 g/mol. The smallest absolute Gasteiger partial charge is 0.130 e. The van der Waals surface area contributed by atoms with Crippen LogP contribution in [0.4, 0.5) is 0 Å². The first-order chi connectivity index (χ1) is 11.7. The van der Waals surface area contributed by atoms with E-state index < -0.39 is 0 Å². The Bertz CT molecular complexity index is 659. The highest BCUT2D eigenvalue weighted by molar-refractivity contribution is 5.28. The summed E-state index contributed by atoms with van der Waals surface area (Å²) >= 11 is 0. The average Bonchev–Trinajstić information content (AvgIpc) is 3.12. The SMILES string of the molecule is CN(C)C1[C@H]2CN(Cc3ccc(OCc4ccccn4)cc3)C[C@@H]12. The fourth-order valence-corrected chi connectivity index (χ4v) is 4.07. The molecule has 0 bridgehead atoms. The molecule has 2 aliphatic rings. The molecule has 4 heteroatoms. The number of fused-ring (bicyclic) bond motifs is 1. The normalized spacial score (nSPS) is 25.7. The maximum absolute atomic E-state index is 5.80. The lowest BCUT2D eigenvalue weighted by atomic mass is 10.2. The van der Waals surface area contributed by atoms with Crippen LogP contribution in [0.25, 0.3) is 0 Å². The first-order valence-corrected chi connectivity index (χ1v) is 8.71. The first-order valence-electron chi connectivity index (χ1n) is 8.71. The van der Waals surface area contributed by atoms with Crippen molar-refractivity contribution in [2.45, 2.75) is 19.2 Å². The highest BCUT2D eigenvalue weighted by Gasteiger charge is 2.56. The lowest BCUT2D eigenvalue weighted by Crippen LogP contribution is -2.30. The second-order valence-electron chi connectivity index (χ2n) is 7.23. The molecule has 0 radical (unpaired) electrons. The Balaban J connectivity index is 1.26. The average molecular weight is 323 g/mol. The summed E-state index contributed by atoms with van der Waals surface area (Å²) in [5, 5.41) is 0. The summed E-state index contributed by atoms with van der Waals surface area (Å²) in [5.74, 6) is 2.68. The summed E-state index contributed by atoms with van der Waals surface area (Å²) in [5.41, 5.74) is 2.32. The zero-order valence-corrected chi connectivity index (χ0v) is 14.4. The molecule has 0 spiro atoms. The van der Waals surface area contributed by atoms with Crippen molar-refractivity contribution in [3.05, 3.63) is 59.9 Å². The lowest BCUT2D eigenvalue weighted by molar-refractivity contribution is 0.244.